The summed E-state index contributed by atoms with van der Waals surface area (Å²) in [7, 11) is 0. The lowest BCUT2D eigenvalue weighted by atomic mass is 9.91. The molecule has 0 saturated carbocycles. The van der Waals surface area contributed by atoms with Gasteiger partial charge in [0.15, 0.2) is 0 Å². The molecule has 1 aromatic carbocycles. The van der Waals surface area contributed by atoms with Gasteiger partial charge >= 0.3 is 0 Å². The first-order valence-corrected chi connectivity index (χ1v) is 7.61. The minimum absolute atomic E-state index is 0.0686. The highest BCUT2D eigenvalue weighted by atomic mass is 15.2. The Balaban J connectivity index is 2.87. The molecule has 0 saturated heterocycles. The number of nitrogens with zero attached hydrogens (tertiary/aromatic N) is 1. The largest absolute Gasteiger partial charge is 0.365 e. The maximum atomic E-state index is 6.09. The topological polar surface area (TPSA) is 29.3 Å². The van der Waals surface area contributed by atoms with Gasteiger partial charge in [-0.25, -0.2) is 0 Å². The summed E-state index contributed by atoms with van der Waals surface area (Å²) in [5.74, 6) is 0. The smallest absolute Gasteiger partial charge is 0.0496 e. The molecule has 1 unspecified atom stereocenters. The number of unbranched alkanes of at least 4 members (excludes halogenated alkanes) is 2. The monoisotopic (exact) mass is 262 g/mol. The second kappa shape index (κ2) is 7.54. The van der Waals surface area contributed by atoms with Gasteiger partial charge in [0.25, 0.3) is 0 Å². The summed E-state index contributed by atoms with van der Waals surface area (Å²) >= 11 is 0. The van der Waals surface area contributed by atoms with E-state index in [1.54, 1.807) is 0 Å². The molecule has 108 valence electrons. The molecular weight excluding hydrogens is 232 g/mol. The Labute approximate surface area is 119 Å². The number of rotatable bonds is 8. The molecule has 0 aromatic heterocycles. The Kier molecular flexibility index (Phi) is 6.36. The van der Waals surface area contributed by atoms with Crippen molar-refractivity contribution in [3.05, 3.63) is 29.8 Å². The number of hydrogen-bond donors (Lipinski definition) is 1. The van der Waals surface area contributed by atoms with E-state index in [1.165, 1.54) is 36.9 Å². The van der Waals surface area contributed by atoms with Gasteiger partial charge in [0, 0.05) is 24.3 Å². The molecule has 2 nitrogen and oxygen atoms in total. The molecule has 0 aliphatic carbocycles. The third kappa shape index (κ3) is 4.24. The van der Waals surface area contributed by atoms with E-state index in [1.807, 2.05) is 0 Å². The molecule has 0 radical (unpaired) electrons. The molecule has 0 aliphatic rings. The Morgan fingerprint density at radius 2 is 1.74 bits per heavy atom. The normalized spacial score (nSPS) is 14.2. The number of anilines is 1. The van der Waals surface area contributed by atoms with Crippen molar-refractivity contribution in [2.24, 2.45) is 5.73 Å². The lowest BCUT2D eigenvalue weighted by Gasteiger charge is -2.42. The minimum Gasteiger partial charge on any atom is -0.365 e. The lowest BCUT2D eigenvalue weighted by Crippen LogP contribution is -2.52. The van der Waals surface area contributed by atoms with Crippen molar-refractivity contribution in [3.8, 4) is 0 Å². The van der Waals surface area contributed by atoms with Gasteiger partial charge in [-0.3, -0.25) is 0 Å². The van der Waals surface area contributed by atoms with E-state index >= 15 is 0 Å². The number of likely N-dealkylation sites (N-methyl/N-ethyl adjacent to an activating group) is 1. The van der Waals surface area contributed by atoms with Crippen molar-refractivity contribution in [2.75, 3.05) is 18.0 Å². The fraction of sp³-hybridized carbons (Fsp3) is 0.647. The molecule has 1 rings (SSSR count). The number of hydrogen-bond acceptors (Lipinski definition) is 2. The van der Waals surface area contributed by atoms with E-state index in [4.69, 9.17) is 5.73 Å². The first kappa shape index (κ1) is 16.0. The first-order valence-electron chi connectivity index (χ1n) is 7.61. The van der Waals surface area contributed by atoms with Crippen LogP contribution < -0.4 is 10.6 Å². The van der Waals surface area contributed by atoms with E-state index in [-0.39, 0.29) is 5.54 Å². The maximum Gasteiger partial charge on any atom is 0.0496 e. The molecule has 1 atom stereocenters. The predicted molar refractivity (Wildman–Crippen MR) is 85.8 cm³/mol. The van der Waals surface area contributed by atoms with Gasteiger partial charge in [0.2, 0.25) is 0 Å². The lowest BCUT2D eigenvalue weighted by molar-refractivity contribution is 0.387. The minimum atomic E-state index is 0.0686. The zero-order chi connectivity index (χ0) is 14.3. The molecule has 1 aromatic rings. The molecule has 2 heteroatoms. The summed E-state index contributed by atoms with van der Waals surface area (Å²) in [6.07, 6.45) is 4.98. The van der Waals surface area contributed by atoms with Crippen LogP contribution in [0.3, 0.4) is 0 Å². The average molecular weight is 262 g/mol. The van der Waals surface area contributed by atoms with E-state index < -0.39 is 0 Å². The van der Waals surface area contributed by atoms with Crippen LogP contribution in [0.4, 0.5) is 5.69 Å². The zero-order valence-electron chi connectivity index (χ0n) is 13.1. The van der Waals surface area contributed by atoms with Gasteiger partial charge < -0.3 is 10.6 Å². The highest BCUT2D eigenvalue weighted by molar-refractivity contribution is 5.50. The van der Waals surface area contributed by atoms with Crippen LogP contribution in [0.1, 0.15) is 52.0 Å². The second-order valence-electron chi connectivity index (χ2n) is 5.74. The summed E-state index contributed by atoms with van der Waals surface area (Å²) in [6.45, 7) is 10.6. The van der Waals surface area contributed by atoms with Gasteiger partial charge in [-0.2, -0.15) is 0 Å². The van der Waals surface area contributed by atoms with Crippen LogP contribution in [0.25, 0.3) is 0 Å². The second-order valence-corrected chi connectivity index (χ2v) is 5.74. The van der Waals surface area contributed by atoms with E-state index in [2.05, 4.69) is 56.9 Å². The third-order valence-corrected chi connectivity index (χ3v) is 4.07. The average Bonchev–Trinajstić information content (AvgIpc) is 2.42. The first-order chi connectivity index (χ1) is 9.07. The predicted octanol–water partition coefficient (Wildman–Crippen LogP) is 4.12. The standard InChI is InChI=1S/C17H30N2/c1-5-7-8-13-17(4,14-18)19(6-2)16-11-9-15(3)10-12-16/h9-12H,5-8,13-14,18H2,1-4H3. The van der Waals surface area contributed by atoms with Gasteiger partial charge in [-0.15, -0.1) is 0 Å². The van der Waals surface area contributed by atoms with Gasteiger partial charge in [-0.1, -0.05) is 43.9 Å². The quantitative estimate of drug-likeness (QED) is 0.714. The molecule has 0 amide bonds. The third-order valence-electron chi connectivity index (χ3n) is 4.07. The molecular formula is C17H30N2. The van der Waals surface area contributed by atoms with Crippen molar-refractivity contribution in [3.63, 3.8) is 0 Å². The van der Waals surface area contributed by atoms with Crippen LogP contribution in [0.5, 0.6) is 0 Å². The number of benzene rings is 1. The fourth-order valence-corrected chi connectivity index (χ4v) is 2.70. The van der Waals surface area contributed by atoms with Gasteiger partial charge in [0.05, 0.1) is 0 Å². The van der Waals surface area contributed by atoms with Crippen molar-refractivity contribution >= 4 is 5.69 Å². The number of aryl methyl sites for hydroxylation is 1. The summed E-state index contributed by atoms with van der Waals surface area (Å²) in [5, 5.41) is 0. The Morgan fingerprint density at radius 3 is 2.21 bits per heavy atom. The number of nitrogens with two attached hydrogens (primary N) is 1. The van der Waals surface area contributed by atoms with E-state index in [9.17, 15) is 0 Å². The zero-order valence-corrected chi connectivity index (χ0v) is 13.1. The maximum absolute atomic E-state index is 6.09. The van der Waals surface area contributed by atoms with Gasteiger partial charge in [0.1, 0.15) is 0 Å². The molecule has 2 N–H and O–H groups in total. The van der Waals surface area contributed by atoms with Crippen molar-refractivity contribution in [2.45, 2.75) is 58.9 Å². The molecule has 0 fully saturated rings. The Bertz CT molecular complexity index is 358. The van der Waals surface area contributed by atoms with Gasteiger partial charge in [-0.05, 0) is 39.3 Å². The molecule has 0 spiro atoms. The van der Waals surface area contributed by atoms with Crippen molar-refractivity contribution in [1.29, 1.82) is 0 Å². The molecule has 0 aliphatic heterocycles. The SMILES string of the molecule is CCCCCC(C)(CN)N(CC)c1ccc(C)cc1. The van der Waals surface area contributed by atoms with Crippen LogP contribution in [-0.2, 0) is 0 Å². The molecule has 19 heavy (non-hydrogen) atoms. The van der Waals surface area contributed by atoms with E-state index in [0.717, 1.165) is 6.54 Å². The van der Waals surface area contributed by atoms with Crippen LogP contribution >= 0.6 is 0 Å². The van der Waals surface area contributed by atoms with Crippen LogP contribution in [0, 0.1) is 6.92 Å². The summed E-state index contributed by atoms with van der Waals surface area (Å²) in [4.78, 5) is 2.46. The highest BCUT2D eigenvalue weighted by Gasteiger charge is 2.29. The van der Waals surface area contributed by atoms with Crippen LogP contribution in [0.2, 0.25) is 0 Å². The summed E-state index contributed by atoms with van der Waals surface area (Å²) in [6, 6.07) is 8.79. The highest BCUT2D eigenvalue weighted by Crippen LogP contribution is 2.28. The van der Waals surface area contributed by atoms with Crippen LogP contribution in [-0.4, -0.2) is 18.6 Å². The molecule has 0 bridgehead atoms. The molecule has 0 heterocycles. The van der Waals surface area contributed by atoms with Crippen molar-refractivity contribution in [1.82, 2.24) is 0 Å². The van der Waals surface area contributed by atoms with Crippen LogP contribution in [0.15, 0.2) is 24.3 Å². The fourth-order valence-electron chi connectivity index (χ4n) is 2.70. The van der Waals surface area contributed by atoms with E-state index in [0.29, 0.717) is 6.54 Å². The summed E-state index contributed by atoms with van der Waals surface area (Å²) in [5.41, 5.74) is 8.76. The summed E-state index contributed by atoms with van der Waals surface area (Å²) < 4.78 is 0. The Morgan fingerprint density at radius 1 is 1.11 bits per heavy atom. The van der Waals surface area contributed by atoms with Crippen molar-refractivity contribution < 1.29 is 0 Å². The Hall–Kier alpha value is -1.02.